The molecule has 0 radical (unpaired) electrons. The number of rotatable bonds is 6. The minimum absolute atomic E-state index is 0.00950. The number of aromatic carboxylic acids is 1. The van der Waals surface area contributed by atoms with Gasteiger partial charge in [0.05, 0.1) is 18.6 Å². The van der Waals surface area contributed by atoms with E-state index in [-0.39, 0.29) is 23.8 Å². The zero-order valence-electron chi connectivity index (χ0n) is 16.6. The SMILES string of the molecule is Cc1cc(Br)ccc1OCCC(=O)N1CCN(C(=O)c2cccc(C(=O)O)c2)CC1. The molecule has 2 amide bonds. The predicted molar refractivity (Wildman–Crippen MR) is 115 cm³/mol. The number of carbonyl (C=O) groups is 3. The summed E-state index contributed by atoms with van der Waals surface area (Å²) in [5, 5.41) is 9.09. The largest absolute Gasteiger partial charge is 0.493 e. The van der Waals surface area contributed by atoms with Crippen LogP contribution in [0.3, 0.4) is 0 Å². The molecule has 0 saturated carbocycles. The van der Waals surface area contributed by atoms with E-state index in [4.69, 9.17) is 9.84 Å². The minimum atomic E-state index is -1.07. The van der Waals surface area contributed by atoms with Crippen molar-refractivity contribution in [3.63, 3.8) is 0 Å². The van der Waals surface area contributed by atoms with Crippen molar-refractivity contribution in [2.75, 3.05) is 32.8 Å². The summed E-state index contributed by atoms with van der Waals surface area (Å²) in [5.41, 5.74) is 1.42. The lowest BCUT2D eigenvalue weighted by molar-refractivity contribution is -0.133. The average molecular weight is 475 g/mol. The van der Waals surface area contributed by atoms with Crippen LogP contribution in [-0.4, -0.2) is 65.5 Å². The van der Waals surface area contributed by atoms with Crippen molar-refractivity contribution >= 4 is 33.7 Å². The minimum Gasteiger partial charge on any atom is -0.493 e. The lowest BCUT2D eigenvalue weighted by Crippen LogP contribution is -2.50. The number of benzene rings is 2. The molecule has 0 bridgehead atoms. The second-order valence-electron chi connectivity index (χ2n) is 7.07. The molecule has 1 fully saturated rings. The number of carboxylic acid groups (broad SMARTS) is 1. The first-order chi connectivity index (χ1) is 14.3. The van der Waals surface area contributed by atoms with Gasteiger partial charge in [-0.1, -0.05) is 22.0 Å². The first-order valence-corrected chi connectivity index (χ1v) is 10.4. The lowest BCUT2D eigenvalue weighted by Gasteiger charge is -2.35. The standard InChI is InChI=1S/C22H23BrN2O5/c1-15-13-18(23)5-6-19(15)30-12-7-20(26)24-8-10-25(11-9-24)21(27)16-3-2-4-17(14-16)22(28)29/h2-6,13-14H,7-12H2,1H3,(H,28,29). The van der Waals surface area contributed by atoms with Gasteiger partial charge in [-0.2, -0.15) is 0 Å². The first kappa shape index (κ1) is 21.8. The van der Waals surface area contributed by atoms with Crippen LogP contribution in [0, 0.1) is 6.92 Å². The maximum atomic E-state index is 12.6. The fourth-order valence-electron chi connectivity index (χ4n) is 3.31. The van der Waals surface area contributed by atoms with Crippen LogP contribution in [0.15, 0.2) is 46.9 Å². The van der Waals surface area contributed by atoms with E-state index in [9.17, 15) is 14.4 Å². The van der Waals surface area contributed by atoms with Crippen molar-refractivity contribution in [1.29, 1.82) is 0 Å². The number of hydrogen-bond acceptors (Lipinski definition) is 4. The van der Waals surface area contributed by atoms with Crippen molar-refractivity contribution in [2.24, 2.45) is 0 Å². The lowest BCUT2D eigenvalue weighted by atomic mass is 10.1. The van der Waals surface area contributed by atoms with Gasteiger partial charge in [-0.15, -0.1) is 0 Å². The number of amides is 2. The summed E-state index contributed by atoms with van der Waals surface area (Å²) in [6.07, 6.45) is 0.268. The Labute approximate surface area is 183 Å². The quantitative estimate of drug-likeness (QED) is 0.694. The van der Waals surface area contributed by atoms with Gasteiger partial charge in [0.25, 0.3) is 5.91 Å². The Morgan fingerprint density at radius 3 is 2.33 bits per heavy atom. The van der Waals surface area contributed by atoms with Crippen LogP contribution in [0.4, 0.5) is 0 Å². The molecule has 8 heteroatoms. The van der Waals surface area contributed by atoms with Crippen LogP contribution >= 0.6 is 15.9 Å². The van der Waals surface area contributed by atoms with E-state index in [0.717, 1.165) is 15.8 Å². The summed E-state index contributed by atoms with van der Waals surface area (Å²) in [4.78, 5) is 39.6. The predicted octanol–water partition coefficient (Wildman–Crippen LogP) is 3.21. The molecule has 30 heavy (non-hydrogen) atoms. The molecule has 0 atom stereocenters. The van der Waals surface area contributed by atoms with Crippen molar-refractivity contribution in [2.45, 2.75) is 13.3 Å². The van der Waals surface area contributed by atoms with Gasteiger partial charge in [-0.3, -0.25) is 9.59 Å². The fourth-order valence-corrected chi connectivity index (χ4v) is 3.78. The van der Waals surface area contributed by atoms with Crippen LogP contribution in [-0.2, 0) is 4.79 Å². The Hall–Kier alpha value is -2.87. The van der Waals surface area contributed by atoms with Crippen LogP contribution in [0.2, 0.25) is 0 Å². The molecule has 0 spiro atoms. The molecule has 2 aromatic rings. The summed E-state index contributed by atoms with van der Waals surface area (Å²) in [5.74, 6) is -0.547. The summed E-state index contributed by atoms with van der Waals surface area (Å²) in [7, 11) is 0. The summed E-state index contributed by atoms with van der Waals surface area (Å²) in [6, 6.07) is 11.7. The van der Waals surface area contributed by atoms with Gasteiger partial charge in [-0.25, -0.2) is 4.79 Å². The number of carboxylic acids is 1. The van der Waals surface area contributed by atoms with Gasteiger partial charge in [0.2, 0.25) is 5.91 Å². The molecule has 1 heterocycles. The van der Waals surface area contributed by atoms with Gasteiger partial charge < -0.3 is 19.6 Å². The summed E-state index contributed by atoms with van der Waals surface area (Å²) in [6.45, 7) is 3.96. The maximum absolute atomic E-state index is 12.6. The molecule has 0 unspecified atom stereocenters. The van der Waals surface area contributed by atoms with Crippen LogP contribution in [0.5, 0.6) is 5.75 Å². The smallest absolute Gasteiger partial charge is 0.335 e. The number of ether oxygens (including phenoxy) is 1. The topological polar surface area (TPSA) is 87.2 Å². The Morgan fingerprint density at radius 1 is 1.00 bits per heavy atom. The van der Waals surface area contributed by atoms with E-state index in [1.54, 1.807) is 21.9 Å². The van der Waals surface area contributed by atoms with Crippen molar-refractivity contribution < 1.29 is 24.2 Å². The van der Waals surface area contributed by atoms with Crippen molar-refractivity contribution in [1.82, 2.24) is 9.80 Å². The van der Waals surface area contributed by atoms with E-state index in [1.165, 1.54) is 12.1 Å². The molecule has 1 aliphatic rings. The van der Waals surface area contributed by atoms with Crippen LogP contribution < -0.4 is 4.74 Å². The Morgan fingerprint density at radius 2 is 1.67 bits per heavy atom. The highest BCUT2D eigenvalue weighted by atomic mass is 79.9. The van der Waals surface area contributed by atoms with E-state index in [2.05, 4.69) is 15.9 Å². The number of halogens is 1. The maximum Gasteiger partial charge on any atom is 0.335 e. The molecule has 0 aromatic heterocycles. The Bertz CT molecular complexity index is 954. The van der Waals surface area contributed by atoms with Gasteiger partial charge in [-0.05, 0) is 48.9 Å². The third-order valence-electron chi connectivity index (χ3n) is 4.99. The van der Waals surface area contributed by atoms with Gasteiger partial charge in [0.1, 0.15) is 5.75 Å². The van der Waals surface area contributed by atoms with Crippen LogP contribution in [0.25, 0.3) is 0 Å². The second-order valence-corrected chi connectivity index (χ2v) is 7.98. The number of carbonyl (C=O) groups excluding carboxylic acids is 2. The molecule has 3 rings (SSSR count). The molecule has 158 valence electrons. The van der Waals surface area contributed by atoms with E-state index in [0.29, 0.717) is 38.3 Å². The first-order valence-electron chi connectivity index (χ1n) is 9.64. The van der Waals surface area contributed by atoms with E-state index >= 15 is 0 Å². The monoisotopic (exact) mass is 474 g/mol. The Balaban J connectivity index is 1.47. The second kappa shape index (κ2) is 9.75. The Kier molecular flexibility index (Phi) is 7.10. The zero-order chi connectivity index (χ0) is 21.7. The molecule has 7 nitrogen and oxygen atoms in total. The highest BCUT2D eigenvalue weighted by Gasteiger charge is 2.25. The molecule has 1 saturated heterocycles. The summed E-state index contributed by atoms with van der Waals surface area (Å²) < 4.78 is 6.70. The number of piperazine rings is 1. The highest BCUT2D eigenvalue weighted by Crippen LogP contribution is 2.22. The average Bonchev–Trinajstić information content (AvgIpc) is 2.75. The van der Waals surface area contributed by atoms with Crippen LogP contribution in [0.1, 0.15) is 32.7 Å². The third kappa shape index (κ3) is 5.38. The van der Waals surface area contributed by atoms with Gasteiger partial charge in [0.15, 0.2) is 0 Å². The zero-order valence-corrected chi connectivity index (χ0v) is 18.2. The third-order valence-corrected chi connectivity index (χ3v) is 5.48. The fraction of sp³-hybridized carbons (Fsp3) is 0.318. The molecular weight excluding hydrogens is 452 g/mol. The van der Waals surface area contributed by atoms with E-state index in [1.807, 2.05) is 25.1 Å². The summed E-state index contributed by atoms with van der Waals surface area (Å²) >= 11 is 3.41. The molecule has 2 aromatic carbocycles. The molecule has 1 aliphatic heterocycles. The molecule has 1 N–H and O–H groups in total. The van der Waals surface area contributed by atoms with Gasteiger partial charge >= 0.3 is 5.97 Å². The van der Waals surface area contributed by atoms with E-state index < -0.39 is 5.97 Å². The number of hydrogen-bond donors (Lipinski definition) is 1. The highest BCUT2D eigenvalue weighted by molar-refractivity contribution is 9.10. The normalized spacial score (nSPS) is 13.8. The molecule has 0 aliphatic carbocycles. The number of aryl methyl sites for hydroxylation is 1. The molecular formula is C22H23BrN2O5. The number of nitrogens with zero attached hydrogens (tertiary/aromatic N) is 2. The van der Waals surface area contributed by atoms with Crippen molar-refractivity contribution in [3.8, 4) is 5.75 Å². The van der Waals surface area contributed by atoms with Crippen molar-refractivity contribution in [3.05, 3.63) is 63.6 Å². The van der Waals surface area contributed by atoms with Gasteiger partial charge in [0, 0.05) is 36.2 Å².